The van der Waals surface area contributed by atoms with Crippen molar-refractivity contribution in [1.29, 1.82) is 0 Å². The maximum Gasteiger partial charge on any atom is 0.257 e. The zero-order valence-corrected chi connectivity index (χ0v) is 19.8. The Balaban J connectivity index is 1.13. The van der Waals surface area contributed by atoms with Gasteiger partial charge in [0.2, 0.25) is 5.91 Å². The molecule has 2 amide bonds. The highest BCUT2D eigenvalue weighted by Crippen LogP contribution is 2.27. The summed E-state index contributed by atoms with van der Waals surface area (Å²) >= 11 is 1.61. The van der Waals surface area contributed by atoms with Gasteiger partial charge in [0, 0.05) is 41.5 Å². The van der Waals surface area contributed by atoms with E-state index in [9.17, 15) is 14.0 Å². The highest BCUT2D eigenvalue weighted by molar-refractivity contribution is 7.99. The molecule has 3 aromatic rings. The summed E-state index contributed by atoms with van der Waals surface area (Å²) in [5.74, 6) is 1.19. The number of halogens is 1. The van der Waals surface area contributed by atoms with E-state index in [0.717, 1.165) is 42.4 Å². The molecule has 2 N–H and O–H groups in total. The third-order valence-corrected chi connectivity index (χ3v) is 7.90. The Bertz CT molecular complexity index is 1170. The van der Waals surface area contributed by atoms with Crippen LogP contribution in [0.2, 0.25) is 0 Å². The fourth-order valence-electron chi connectivity index (χ4n) is 4.84. The number of hydrogen-bond acceptors (Lipinski definition) is 4. The Morgan fingerprint density at radius 2 is 1.85 bits per heavy atom. The average Bonchev–Trinajstić information content (AvgIpc) is 3.52. The molecule has 34 heavy (non-hydrogen) atoms. The SMILES string of the molecule is O=C(NCC1CCN(Cc2ccccc2F)CC1)C1CSCN1C(=O)c1c[nH]c2ccccc12. The third-order valence-electron chi connectivity index (χ3n) is 6.89. The molecule has 0 spiro atoms. The van der Waals surface area contributed by atoms with Crippen LogP contribution >= 0.6 is 11.8 Å². The van der Waals surface area contributed by atoms with Gasteiger partial charge in [0.1, 0.15) is 11.9 Å². The molecule has 0 aliphatic carbocycles. The predicted octanol–water partition coefficient (Wildman–Crippen LogP) is 3.85. The lowest BCUT2D eigenvalue weighted by molar-refractivity contribution is -0.124. The first-order valence-corrected chi connectivity index (χ1v) is 12.9. The molecule has 1 aromatic heterocycles. The lowest BCUT2D eigenvalue weighted by Crippen LogP contribution is -2.48. The Kier molecular flexibility index (Phi) is 6.87. The first kappa shape index (κ1) is 22.9. The molecule has 6 nitrogen and oxygen atoms in total. The Morgan fingerprint density at radius 1 is 1.09 bits per heavy atom. The normalized spacial score (nSPS) is 19.6. The topological polar surface area (TPSA) is 68.4 Å². The number of carbonyl (C=O) groups excluding carboxylic acids is 2. The fourth-order valence-corrected chi connectivity index (χ4v) is 6.00. The monoisotopic (exact) mass is 480 g/mol. The number of nitrogens with zero attached hydrogens (tertiary/aromatic N) is 2. The van der Waals surface area contributed by atoms with Crippen molar-refractivity contribution in [2.75, 3.05) is 31.3 Å². The summed E-state index contributed by atoms with van der Waals surface area (Å²) in [7, 11) is 0. The van der Waals surface area contributed by atoms with E-state index >= 15 is 0 Å². The number of rotatable bonds is 6. The number of aromatic amines is 1. The van der Waals surface area contributed by atoms with Crippen molar-refractivity contribution in [1.82, 2.24) is 20.1 Å². The van der Waals surface area contributed by atoms with Crippen LogP contribution in [0.25, 0.3) is 10.9 Å². The van der Waals surface area contributed by atoms with E-state index in [4.69, 9.17) is 0 Å². The molecule has 178 valence electrons. The molecule has 0 radical (unpaired) electrons. The summed E-state index contributed by atoms with van der Waals surface area (Å²) in [6, 6.07) is 14.2. The number of para-hydroxylation sites is 1. The van der Waals surface area contributed by atoms with Crippen molar-refractivity contribution < 1.29 is 14.0 Å². The number of likely N-dealkylation sites (tertiary alicyclic amines) is 1. The molecule has 2 saturated heterocycles. The van der Waals surface area contributed by atoms with Crippen LogP contribution in [0.15, 0.2) is 54.7 Å². The van der Waals surface area contributed by atoms with Crippen molar-refractivity contribution in [3.63, 3.8) is 0 Å². The summed E-state index contributed by atoms with van der Waals surface area (Å²) < 4.78 is 13.9. The number of carbonyl (C=O) groups is 2. The zero-order valence-electron chi connectivity index (χ0n) is 19.0. The Labute approximate surface area is 202 Å². The van der Waals surface area contributed by atoms with Gasteiger partial charge in [-0.1, -0.05) is 36.4 Å². The summed E-state index contributed by atoms with van der Waals surface area (Å²) in [6.45, 7) is 3.01. The van der Waals surface area contributed by atoms with Crippen molar-refractivity contribution in [2.24, 2.45) is 5.92 Å². The Hall–Kier alpha value is -2.84. The summed E-state index contributed by atoms with van der Waals surface area (Å²) in [5.41, 5.74) is 2.26. The van der Waals surface area contributed by atoms with E-state index in [1.165, 1.54) is 6.07 Å². The molecule has 0 saturated carbocycles. The Morgan fingerprint density at radius 3 is 2.68 bits per heavy atom. The maximum atomic E-state index is 13.9. The quantitative estimate of drug-likeness (QED) is 0.562. The molecular weight excluding hydrogens is 451 g/mol. The molecule has 2 aliphatic heterocycles. The molecule has 2 fully saturated rings. The number of aromatic nitrogens is 1. The van der Waals surface area contributed by atoms with Gasteiger partial charge in [0.05, 0.1) is 11.4 Å². The van der Waals surface area contributed by atoms with E-state index < -0.39 is 6.04 Å². The minimum Gasteiger partial charge on any atom is -0.360 e. The van der Waals surface area contributed by atoms with Crippen LogP contribution in [0, 0.1) is 11.7 Å². The van der Waals surface area contributed by atoms with Crippen LogP contribution in [0.1, 0.15) is 28.8 Å². The van der Waals surface area contributed by atoms with Crippen LogP contribution in [-0.4, -0.2) is 63.9 Å². The standard InChI is InChI=1S/C26H29FN4O2S/c27-22-7-3-1-5-19(22)15-30-11-9-18(10-12-30)13-29-25(32)24-16-34-17-31(24)26(33)21-14-28-23-8-4-2-6-20(21)23/h1-8,14,18,24,28H,9-13,15-17H2,(H,29,32). The molecule has 0 bridgehead atoms. The summed E-state index contributed by atoms with van der Waals surface area (Å²) in [6.07, 6.45) is 3.66. The first-order chi connectivity index (χ1) is 16.6. The van der Waals surface area contributed by atoms with Gasteiger partial charge in [-0.15, -0.1) is 11.8 Å². The van der Waals surface area contributed by atoms with Gasteiger partial charge >= 0.3 is 0 Å². The van der Waals surface area contributed by atoms with Crippen LogP contribution in [0.3, 0.4) is 0 Å². The van der Waals surface area contributed by atoms with Gasteiger partial charge in [0.25, 0.3) is 5.91 Å². The third kappa shape index (κ3) is 4.83. The number of hydrogen-bond donors (Lipinski definition) is 2. The van der Waals surface area contributed by atoms with Crippen molar-refractivity contribution >= 4 is 34.5 Å². The van der Waals surface area contributed by atoms with Gasteiger partial charge in [-0.3, -0.25) is 14.5 Å². The second-order valence-electron chi connectivity index (χ2n) is 9.09. The molecule has 2 aromatic carbocycles. The van der Waals surface area contributed by atoms with Gasteiger partial charge in [-0.25, -0.2) is 4.39 Å². The van der Waals surface area contributed by atoms with E-state index in [1.54, 1.807) is 28.9 Å². The number of thioether (sulfide) groups is 1. The molecule has 3 heterocycles. The van der Waals surface area contributed by atoms with Crippen molar-refractivity contribution in [3.05, 3.63) is 71.7 Å². The average molecular weight is 481 g/mol. The zero-order chi connectivity index (χ0) is 23.5. The second kappa shape index (κ2) is 10.2. The number of amides is 2. The molecule has 1 unspecified atom stereocenters. The molecule has 2 aliphatic rings. The van der Waals surface area contributed by atoms with Gasteiger partial charge in [-0.05, 0) is 44.0 Å². The second-order valence-corrected chi connectivity index (χ2v) is 10.1. The first-order valence-electron chi connectivity index (χ1n) is 11.8. The smallest absolute Gasteiger partial charge is 0.257 e. The van der Waals surface area contributed by atoms with E-state index in [1.807, 2.05) is 36.4 Å². The van der Waals surface area contributed by atoms with Crippen LogP contribution in [0.5, 0.6) is 0 Å². The summed E-state index contributed by atoms with van der Waals surface area (Å²) in [4.78, 5) is 33.3. The number of H-pyrrole nitrogens is 1. The number of nitrogens with one attached hydrogen (secondary N) is 2. The van der Waals surface area contributed by atoms with E-state index in [2.05, 4.69) is 15.2 Å². The van der Waals surface area contributed by atoms with Crippen LogP contribution in [-0.2, 0) is 11.3 Å². The lowest BCUT2D eigenvalue weighted by Gasteiger charge is -2.32. The lowest BCUT2D eigenvalue weighted by atomic mass is 9.96. The minimum absolute atomic E-state index is 0.0769. The van der Waals surface area contributed by atoms with Crippen LogP contribution in [0.4, 0.5) is 4.39 Å². The van der Waals surface area contributed by atoms with Crippen molar-refractivity contribution in [2.45, 2.75) is 25.4 Å². The number of benzene rings is 2. The molecule has 1 atom stereocenters. The minimum atomic E-state index is -0.452. The highest BCUT2D eigenvalue weighted by Gasteiger charge is 2.36. The van der Waals surface area contributed by atoms with Gasteiger partial charge in [-0.2, -0.15) is 0 Å². The van der Waals surface area contributed by atoms with E-state index in [-0.39, 0.29) is 17.6 Å². The fraction of sp³-hybridized carbons (Fsp3) is 0.385. The number of fused-ring (bicyclic) bond motifs is 1. The maximum absolute atomic E-state index is 13.9. The molecule has 8 heteroatoms. The van der Waals surface area contributed by atoms with Crippen molar-refractivity contribution in [3.8, 4) is 0 Å². The predicted molar refractivity (Wildman–Crippen MR) is 133 cm³/mol. The molecule has 5 rings (SSSR count). The summed E-state index contributed by atoms with van der Waals surface area (Å²) in [5, 5.41) is 3.98. The molecular formula is C26H29FN4O2S. The van der Waals surface area contributed by atoms with Gasteiger partial charge in [0.15, 0.2) is 0 Å². The highest BCUT2D eigenvalue weighted by atomic mass is 32.2. The largest absolute Gasteiger partial charge is 0.360 e. The van der Waals surface area contributed by atoms with E-state index in [0.29, 0.717) is 36.2 Å². The van der Waals surface area contributed by atoms with Gasteiger partial charge < -0.3 is 15.2 Å². The van der Waals surface area contributed by atoms with Crippen LogP contribution < -0.4 is 5.32 Å². The number of piperidine rings is 1.